The Balaban J connectivity index is 2.15. The highest BCUT2D eigenvalue weighted by atomic mass is 32.1. The molecule has 2 aromatic heterocycles. The number of carbonyl (C=O) groups is 2. The molecule has 1 amide bonds. The second-order valence-corrected chi connectivity index (χ2v) is 5.82. The quantitative estimate of drug-likeness (QED) is 0.878. The predicted octanol–water partition coefficient (Wildman–Crippen LogP) is 1.92. The molecule has 2 N–H and O–H groups in total. The number of hydrogen-bond acceptors (Lipinski definition) is 5. The first-order valence-corrected chi connectivity index (χ1v) is 7.04. The SMILES string of the molecule is CC(C)CC(NC(=O)c1nc2cccnc2s1)C(=O)O. The van der Waals surface area contributed by atoms with Crippen LogP contribution in [0.15, 0.2) is 18.3 Å². The van der Waals surface area contributed by atoms with Gasteiger partial charge in [-0.15, -0.1) is 0 Å². The zero-order valence-corrected chi connectivity index (χ0v) is 12.0. The highest BCUT2D eigenvalue weighted by Crippen LogP contribution is 2.19. The van der Waals surface area contributed by atoms with Crippen molar-refractivity contribution >= 4 is 33.6 Å². The zero-order chi connectivity index (χ0) is 14.7. The van der Waals surface area contributed by atoms with Crippen LogP contribution in [0.1, 0.15) is 30.1 Å². The number of carboxylic acid groups (broad SMARTS) is 1. The zero-order valence-electron chi connectivity index (χ0n) is 11.2. The van der Waals surface area contributed by atoms with Gasteiger partial charge in [-0.3, -0.25) is 4.79 Å². The Labute approximate surface area is 119 Å². The molecule has 0 fully saturated rings. The van der Waals surface area contributed by atoms with Crippen molar-refractivity contribution in [3.8, 4) is 0 Å². The maximum atomic E-state index is 12.1. The number of amides is 1. The van der Waals surface area contributed by atoms with E-state index in [0.717, 1.165) is 11.3 Å². The first kappa shape index (κ1) is 14.4. The van der Waals surface area contributed by atoms with E-state index in [-0.39, 0.29) is 10.9 Å². The van der Waals surface area contributed by atoms with Crippen LogP contribution in [0.5, 0.6) is 0 Å². The molecule has 6 nitrogen and oxygen atoms in total. The number of pyridine rings is 1. The van der Waals surface area contributed by atoms with Gasteiger partial charge in [0, 0.05) is 6.20 Å². The van der Waals surface area contributed by atoms with Crippen molar-refractivity contribution in [1.82, 2.24) is 15.3 Å². The molecule has 2 heterocycles. The highest BCUT2D eigenvalue weighted by Gasteiger charge is 2.23. The van der Waals surface area contributed by atoms with Crippen LogP contribution in [0.3, 0.4) is 0 Å². The van der Waals surface area contributed by atoms with E-state index in [4.69, 9.17) is 5.11 Å². The Morgan fingerprint density at radius 3 is 2.80 bits per heavy atom. The summed E-state index contributed by atoms with van der Waals surface area (Å²) in [5.41, 5.74) is 0.637. The molecule has 7 heteroatoms. The molecule has 0 spiro atoms. The minimum absolute atomic E-state index is 0.174. The fourth-order valence-corrected chi connectivity index (χ4v) is 2.59. The predicted molar refractivity (Wildman–Crippen MR) is 75.8 cm³/mol. The van der Waals surface area contributed by atoms with Gasteiger partial charge in [0.25, 0.3) is 5.91 Å². The van der Waals surface area contributed by atoms with Gasteiger partial charge in [0.15, 0.2) is 5.01 Å². The Kier molecular flexibility index (Phi) is 4.29. The van der Waals surface area contributed by atoms with Crippen molar-refractivity contribution in [2.24, 2.45) is 5.92 Å². The van der Waals surface area contributed by atoms with Gasteiger partial charge in [-0.1, -0.05) is 25.2 Å². The second kappa shape index (κ2) is 5.96. The molecule has 0 saturated carbocycles. The summed E-state index contributed by atoms with van der Waals surface area (Å²) in [6, 6.07) is 2.60. The van der Waals surface area contributed by atoms with Crippen molar-refractivity contribution in [3.05, 3.63) is 23.3 Å². The number of fused-ring (bicyclic) bond motifs is 1. The fourth-order valence-electron chi connectivity index (χ4n) is 1.78. The average molecular weight is 293 g/mol. The van der Waals surface area contributed by atoms with E-state index in [1.165, 1.54) is 0 Å². The van der Waals surface area contributed by atoms with Gasteiger partial charge in [0.1, 0.15) is 16.4 Å². The van der Waals surface area contributed by atoms with E-state index in [0.29, 0.717) is 16.8 Å². The van der Waals surface area contributed by atoms with Gasteiger partial charge in [-0.05, 0) is 24.5 Å². The van der Waals surface area contributed by atoms with Crippen LogP contribution in [-0.4, -0.2) is 33.0 Å². The molecule has 2 aromatic rings. The summed E-state index contributed by atoms with van der Waals surface area (Å²) < 4.78 is 0. The number of hydrogen-bond donors (Lipinski definition) is 2. The van der Waals surface area contributed by atoms with Crippen LogP contribution in [0.2, 0.25) is 0 Å². The molecular formula is C13H15N3O3S. The molecule has 1 atom stereocenters. The molecule has 106 valence electrons. The van der Waals surface area contributed by atoms with E-state index in [1.54, 1.807) is 18.3 Å². The summed E-state index contributed by atoms with van der Waals surface area (Å²) in [5, 5.41) is 11.9. The molecule has 0 aromatic carbocycles. The van der Waals surface area contributed by atoms with Gasteiger partial charge < -0.3 is 10.4 Å². The molecule has 0 saturated heterocycles. The number of aromatic nitrogens is 2. The summed E-state index contributed by atoms with van der Waals surface area (Å²) >= 11 is 1.15. The smallest absolute Gasteiger partial charge is 0.326 e. The van der Waals surface area contributed by atoms with E-state index < -0.39 is 17.9 Å². The Hall–Kier alpha value is -2.02. The summed E-state index contributed by atoms with van der Waals surface area (Å²) in [5.74, 6) is -1.33. The minimum Gasteiger partial charge on any atom is -0.480 e. The number of carboxylic acids is 1. The Bertz CT molecular complexity index is 606. The molecule has 0 aliphatic heterocycles. The molecule has 1 unspecified atom stereocenters. The Morgan fingerprint density at radius 1 is 1.45 bits per heavy atom. The van der Waals surface area contributed by atoms with Crippen molar-refractivity contribution in [2.75, 3.05) is 0 Å². The average Bonchev–Trinajstić information content (AvgIpc) is 2.81. The number of carbonyl (C=O) groups excluding carboxylic acids is 1. The van der Waals surface area contributed by atoms with Crippen LogP contribution < -0.4 is 5.32 Å². The summed E-state index contributed by atoms with van der Waals surface area (Å²) in [6.07, 6.45) is 2.01. The number of thiazole rings is 1. The van der Waals surface area contributed by atoms with Crippen molar-refractivity contribution < 1.29 is 14.7 Å². The fraction of sp³-hybridized carbons (Fsp3) is 0.385. The van der Waals surface area contributed by atoms with Crippen LogP contribution in [0.25, 0.3) is 10.3 Å². The third kappa shape index (κ3) is 3.30. The topological polar surface area (TPSA) is 92.2 Å². The summed E-state index contributed by atoms with van der Waals surface area (Å²) in [4.78, 5) is 32.1. The van der Waals surface area contributed by atoms with Crippen molar-refractivity contribution in [1.29, 1.82) is 0 Å². The standard InChI is InChI=1S/C13H15N3O3S/c1-7(2)6-9(13(18)19)15-10(17)12-16-8-4-3-5-14-11(8)20-12/h3-5,7,9H,6H2,1-2H3,(H,15,17)(H,18,19). The van der Waals surface area contributed by atoms with E-state index in [2.05, 4.69) is 15.3 Å². The van der Waals surface area contributed by atoms with Crippen LogP contribution in [0, 0.1) is 5.92 Å². The molecule has 2 rings (SSSR count). The van der Waals surface area contributed by atoms with Gasteiger partial charge in [-0.2, -0.15) is 0 Å². The molecule has 0 aliphatic rings. The third-order valence-electron chi connectivity index (χ3n) is 2.67. The van der Waals surface area contributed by atoms with Gasteiger partial charge >= 0.3 is 5.97 Å². The van der Waals surface area contributed by atoms with Gasteiger partial charge in [-0.25, -0.2) is 14.8 Å². The van der Waals surface area contributed by atoms with Gasteiger partial charge in [0.2, 0.25) is 0 Å². The van der Waals surface area contributed by atoms with Gasteiger partial charge in [0.05, 0.1) is 0 Å². The largest absolute Gasteiger partial charge is 0.480 e. The normalized spacial score (nSPS) is 12.6. The lowest BCUT2D eigenvalue weighted by Crippen LogP contribution is -2.41. The Morgan fingerprint density at radius 2 is 2.20 bits per heavy atom. The first-order valence-electron chi connectivity index (χ1n) is 6.22. The summed E-state index contributed by atoms with van der Waals surface area (Å²) in [6.45, 7) is 3.81. The number of aliphatic carboxylic acids is 1. The summed E-state index contributed by atoms with van der Waals surface area (Å²) in [7, 11) is 0. The molecule has 0 aliphatic carbocycles. The molecule has 0 radical (unpaired) electrons. The number of rotatable bonds is 5. The van der Waals surface area contributed by atoms with Crippen LogP contribution in [0.4, 0.5) is 0 Å². The third-order valence-corrected chi connectivity index (χ3v) is 3.65. The van der Waals surface area contributed by atoms with E-state index in [1.807, 2.05) is 13.8 Å². The lowest BCUT2D eigenvalue weighted by Gasteiger charge is -2.15. The molecule has 20 heavy (non-hydrogen) atoms. The minimum atomic E-state index is -1.04. The second-order valence-electron chi connectivity index (χ2n) is 4.84. The van der Waals surface area contributed by atoms with Crippen LogP contribution in [-0.2, 0) is 4.79 Å². The molecular weight excluding hydrogens is 278 g/mol. The van der Waals surface area contributed by atoms with Crippen LogP contribution >= 0.6 is 11.3 Å². The molecule has 0 bridgehead atoms. The first-order chi connectivity index (χ1) is 9.47. The lowest BCUT2D eigenvalue weighted by molar-refractivity contribution is -0.139. The van der Waals surface area contributed by atoms with Crippen molar-refractivity contribution in [2.45, 2.75) is 26.3 Å². The van der Waals surface area contributed by atoms with Crippen molar-refractivity contribution in [3.63, 3.8) is 0 Å². The highest BCUT2D eigenvalue weighted by molar-refractivity contribution is 7.19. The monoisotopic (exact) mass is 293 g/mol. The lowest BCUT2D eigenvalue weighted by atomic mass is 10.0. The van der Waals surface area contributed by atoms with E-state index in [9.17, 15) is 9.59 Å². The maximum absolute atomic E-state index is 12.1. The number of nitrogens with one attached hydrogen (secondary N) is 1. The maximum Gasteiger partial charge on any atom is 0.326 e. The number of nitrogens with zero attached hydrogens (tertiary/aromatic N) is 2. The van der Waals surface area contributed by atoms with E-state index >= 15 is 0 Å².